The largest absolute Gasteiger partial charge is 0.480 e. The molecule has 1 aromatic heterocycles. The molecular weight excluding hydrogens is 318 g/mol. The maximum atomic E-state index is 12.5. The number of carbonyl (C=O) groups excluding carboxylic acids is 1. The van der Waals surface area contributed by atoms with Gasteiger partial charge < -0.3 is 14.4 Å². The lowest BCUT2D eigenvalue weighted by Gasteiger charge is -2.17. The van der Waals surface area contributed by atoms with Gasteiger partial charge in [0.2, 0.25) is 5.88 Å². The smallest absolute Gasteiger partial charge is 0.278 e. The highest BCUT2D eigenvalue weighted by Crippen LogP contribution is 2.24. The molecule has 1 heterocycles. The second-order valence-corrected chi connectivity index (χ2v) is 5.23. The van der Waals surface area contributed by atoms with Crippen molar-refractivity contribution in [1.82, 2.24) is 10.2 Å². The molecule has 6 heteroatoms. The van der Waals surface area contributed by atoms with Crippen LogP contribution in [0.15, 0.2) is 66.7 Å². The van der Waals surface area contributed by atoms with Crippen LogP contribution in [0.4, 0.5) is 5.69 Å². The summed E-state index contributed by atoms with van der Waals surface area (Å²) in [6, 6.07) is 19.9. The Morgan fingerprint density at radius 1 is 0.880 bits per heavy atom. The van der Waals surface area contributed by atoms with E-state index in [2.05, 4.69) is 10.2 Å². The third kappa shape index (κ3) is 3.92. The number of ether oxygens (including phenoxy) is 2. The number of nitrogens with zero attached hydrogens (tertiary/aromatic N) is 3. The van der Waals surface area contributed by atoms with Crippen LogP contribution in [0.1, 0.15) is 10.5 Å². The Labute approximate surface area is 145 Å². The fraction of sp³-hybridized carbons (Fsp3) is 0.105. The molecule has 3 aromatic rings. The zero-order chi connectivity index (χ0) is 17.6. The van der Waals surface area contributed by atoms with Gasteiger partial charge in [0.05, 0.1) is 7.11 Å². The number of aromatic nitrogens is 2. The Hall–Kier alpha value is -3.41. The minimum atomic E-state index is -0.258. The highest BCUT2D eigenvalue weighted by atomic mass is 16.5. The maximum absolute atomic E-state index is 12.5. The van der Waals surface area contributed by atoms with Gasteiger partial charge in [-0.05, 0) is 42.5 Å². The van der Waals surface area contributed by atoms with E-state index in [9.17, 15) is 4.79 Å². The van der Waals surface area contributed by atoms with E-state index in [1.165, 1.54) is 12.0 Å². The second-order valence-electron chi connectivity index (χ2n) is 5.23. The van der Waals surface area contributed by atoms with E-state index in [0.717, 1.165) is 11.4 Å². The first-order valence-corrected chi connectivity index (χ1v) is 7.66. The van der Waals surface area contributed by atoms with Crippen molar-refractivity contribution in [2.75, 3.05) is 19.1 Å². The quantitative estimate of drug-likeness (QED) is 0.713. The lowest BCUT2D eigenvalue weighted by Crippen LogP contribution is -2.27. The second kappa shape index (κ2) is 7.44. The number of carbonyl (C=O) groups is 1. The lowest BCUT2D eigenvalue weighted by atomic mass is 10.2. The van der Waals surface area contributed by atoms with Gasteiger partial charge in [0.1, 0.15) is 11.5 Å². The first-order chi connectivity index (χ1) is 12.2. The van der Waals surface area contributed by atoms with Crippen LogP contribution >= 0.6 is 0 Å². The molecule has 0 N–H and O–H groups in total. The number of rotatable bonds is 5. The molecule has 2 aromatic carbocycles. The van der Waals surface area contributed by atoms with Crippen molar-refractivity contribution < 1.29 is 14.3 Å². The number of hydrogen-bond acceptors (Lipinski definition) is 5. The van der Waals surface area contributed by atoms with Crippen molar-refractivity contribution in [3.05, 3.63) is 72.4 Å². The lowest BCUT2D eigenvalue weighted by molar-refractivity contribution is 0.0987. The zero-order valence-electron chi connectivity index (χ0n) is 13.9. The molecule has 25 heavy (non-hydrogen) atoms. The molecule has 0 spiro atoms. The van der Waals surface area contributed by atoms with Crippen LogP contribution in [0.3, 0.4) is 0 Å². The molecular formula is C19H17N3O3. The first kappa shape index (κ1) is 16.4. The van der Waals surface area contributed by atoms with E-state index in [4.69, 9.17) is 9.47 Å². The Bertz CT molecular complexity index is 834. The number of para-hydroxylation sites is 1. The van der Waals surface area contributed by atoms with E-state index < -0.39 is 0 Å². The van der Waals surface area contributed by atoms with Gasteiger partial charge in [-0.25, -0.2) is 0 Å². The third-order valence-electron chi connectivity index (χ3n) is 3.58. The summed E-state index contributed by atoms with van der Waals surface area (Å²) in [5.74, 6) is 1.56. The summed E-state index contributed by atoms with van der Waals surface area (Å²) in [7, 11) is 3.18. The van der Waals surface area contributed by atoms with Crippen molar-refractivity contribution in [2.45, 2.75) is 0 Å². The van der Waals surface area contributed by atoms with Crippen LogP contribution < -0.4 is 14.4 Å². The number of anilines is 1. The summed E-state index contributed by atoms with van der Waals surface area (Å²) in [4.78, 5) is 14.0. The highest BCUT2D eigenvalue weighted by Gasteiger charge is 2.15. The van der Waals surface area contributed by atoms with Crippen molar-refractivity contribution in [1.29, 1.82) is 0 Å². The van der Waals surface area contributed by atoms with E-state index in [-0.39, 0.29) is 11.6 Å². The molecule has 0 aliphatic heterocycles. The van der Waals surface area contributed by atoms with Crippen LogP contribution in [-0.2, 0) is 0 Å². The van der Waals surface area contributed by atoms with E-state index in [1.807, 2.05) is 54.6 Å². The molecule has 126 valence electrons. The van der Waals surface area contributed by atoms with Crippen molar-refractivity contribution >= 4 is 11.6 Å². The SMILES string of the molecule is COc1ccc(C(=O)N(C)c2ccc(Oc3ccccc3)cc2)nn1. The summed E-state index contributed by atoms with van der Waals surface area (Å²) in [6.45, 7) is 0. The highest BCUT2D eigenvalue weighted by molar-refractivity contribution is 6.04. The molecule has 0 bridgehead atoms. The predicted molar refractivity (Wildman–Crippen MR) is 94.3 cm³/mol. The van der Waals surface area contributed by atoms with Crippen LogP contribution in [0.5, 0.6) is 17.4 Å². The Morgan fingerprint density at radius 3 is 2.16 bits per heavy atom. The van der Waals surface area contributed by atoms with Crippen LogP contribution in [0, 0.1) is 0 Å². The van der Waals surface area contributed by atoms with Crippen molar-refractivity contribution in [3.63, 3.8) is 0 Å². The van der Waals surface area contributed by atoms with Crippen LogP contribution in [-0.4, -0.2) is 30.3 Å². The molecule has 0 fully saturated rings. The molecule has 0 saturated carbocycles. The zero-order valence-corrected chi connectivity index (χ0v) is 13.9. The summed E-state index contributed by atoms with van der Waals surface area (Å²) in [5.41, 5.74) is 0.968. The monoisotopic (exact) mass is 335 g/mol. The van der Waals surface area contributed by atoms with Gasteiger partial charge in [-0.3, -0.25) is 4.79 Å². The number of hydrogen-bond donors (Lipinski definition) is 0. The molecule has 0 aliphatic rings. The molecule has 3 rings (SSSR count). The third-order valence-corrected chi connectivity index (χ3v) is 3.58. The standard InChI is InChI=1S/C19H17N3O3/c1-22(19(23)17-12-13-18(24-2)21-20-17)14-8-10-16(11-9-14)25-15-6-4-3-5-7-15/h3-13H,1-2H3. The number of benzene rings is 2. The number of amides is 1. The molecule has 1 amide bonds. The van der Waals surface area contributed by atoms with Crippen molar-refractivity contribution in [3.8, 4) is 17.4 Å². The fourth-order valence-corrected chi connectivity index (χ4v) is 2.19. The fourth-order valence-electron chi connectivity index (χ4n) is 2.19. The summed E-state index contributed by atoms with van der Waals surface area (Å²) >= 11 is 0. The van der Waals surface area contributed by atoms with Gasteiger partial charge in [0, 0.05) is 18.8 Å². The first-order valence-electron chi connectivity index (χ1n) is 7.66. The van der Waals surface area contributed by atoms with Crippen LogP contribution in [0.25, 0.3) is 0 Å². The van der Waals surface area contributed by atoms with Gasteiger partial charge in [-0.15, -0.1) is 10.2 Å². The van der Waals surface area contributed by atoms with Crippen molar-refractivity contribution in [2.24, 2.45) is 0 Å². The van der Waals surface area contributed by atoms with Gasteiger partial charge in [-0.1, -0.05) is 18.2 Å². The Kier molecular flexibility index (Phi) is 4.89. The van der Waals surface area contributed by atoms with E-state index in [1.54, 1.807) is 19.2 Å². The predicted octanol–water partition coefficient (Wildman–Crippen LogP) is 3.55. The van der Waals surface area contributed by atoms with Gasteiger partial charge in [-0.2, -0.15) is 0 Å². The number of methoxy groups -OCH3 is 1. The van der Waals surface area contributed by atoms with Gasteiger partial charge >= 0.3 is 0 Å². The van der Waals surface area contributed by atoms with Crippen LogP contribution in [0.2, 0.25) is 0 Å². The minimum Gasteiger partial charge on any atom is -0.480 e. The maximum Gasteiger partial charge on any atom is 0.278 e. The van der Waals surface area contributed by atoms with Gasteiger partial charge in [0.15, 0.2) is 5.69 Å². The normalized spacial score (nSPS) is 10.2. The summed E-state index contributed by atoms with van der Waals surface area (Å²) in [6.07, 6.45) is 0. The Balaban J connectivity index is 1.71. The average molecular weight is 335 g/mol. The molecule has 0 atom stereocenters. The molecule has 0 saturated heterocycles. The topological polar surface area (TPSA) is 64.5 Å². The van der Waals surface area contributed by atoms with E-state index >= 15 is 0 Å². The molecule has 0 unspecified atom stereocenters. The Morgan fingerprint density at radius 2 is 1.56 bits per heavy atom. The summed E-state index contributed by atoms with van der Waals surface area (Å²) < 4.78 is 10.7. The summed E-state index contributed by atoms with van der Waals surface area (Å²) in [5, 5.41) is 7.69. The molecule has 0 radical (unpaired) electrons. The molecule has 0 aliphatic carbocycles. The average Bonchev–Trinajstić information content (AvgIpc) is 2.68. The van der Waals surface area contributed by atoms with Gasteiger partial charge in [0.25, 0.3) is 5.91 Å². The van der Waals surface area contributed by atoms with E-state index in [0.29, 0.717) is 11.6 Å². The minimum absolute atomic E-state index is 0.243. The molecule has 6 nitrogen and oxygen atoms in total.